The van der Waals surface area contributed by atoms with Gasteiger partial charge in [0.05, 0.1) is 11.9 Å². The second kappa shape index (κ2) is 9.42. The Balaban J connectivity index is 2.25. The maximum atomic E-state index is 12.5. The minimum absolute atomic E-state index is 0.0411. The van der Waals surface area contributed by atoms with E-state index in [1.165, 1.54) is 13.1 Å². The van der Waals surface area contributed by atoms with Gasteiger partial charge in [0.2, 0.25) is 5.96 Å². The molecule has 140 valence electrons. The number of carbonyl (C=O) groups is 1. The molecule has 0 radical (unpaired) electrons. The number of hydrogen-bond acceptors (Lipinski definition) is 4. The van der Waals surface area contributed by atoms with Gasteiger partial charge in [0.15, 0.2) is 16.7 Å². The first-order valence-electron chi connectivity index (χ1n) is 7.64. The van der Waals surface area contributed by atoms with Crippen molar-refractivity contribution in [2.24, 2.45) is 4.99 Å². The third-order valence-electron chi connectivity index (χ3n) is 3.21. The summed E-state index contributed by atoms with van der Waals surface area (Å²) in [7, 11) is 0. The predicted octanol–water partition coefficient (Wildman–Crippen LogP) is 3.52. The van der Waals surface area contributed by atoms with E-state index in [-0.39, 0.29) is 5.96 Å². The molecular weight excluding hydrogens is 411 g/mol. The van der Waals surface area contributed by atoms with Crippen molar-refractivity contribution in [2.75, 3.05) is 5.32 Å². The van der Waals surface area contributed by atoms with Crippen molar-refractivity contribution in [1.29, 1.82) is 5.26 Å². The molecule has 3 N–H and O–H groups in total. The van der Waals surface area contributed by atoms with Crippen LogP contribution in [-0.2, 0) is 0 Å². The number of nitrogens with zero attached hydrogens (tertiary/aromatic N) is 3. The molecule has 0 unspecified atom stereocenters. The van der Waals surface area contributed by atoms with Crippen molar-refractivity contribution in [3.63, 3.8) is 0 Å². The number of amides is 1. The second-order valence-corrected chi connectivity index (χ2v) is 7.62. The molecule has 0 spiro atoms. The fourth-order valence-corrected chi connectivity index (χ4v) is 2.27. The molecular formula is C17H15Cl3N6O. The lowest BCUT2D eigenvalue weighted by atomic mass is 10.2. The summed E-state index contributed by atoms with van der Waals surface area (Å²) in [6.45, 7) is 1.47. The summed E-state index contributed by atoms with van der Waals surface area (Å²) in [4.78, 5) is 20.7. The molecule has 27 heavy (non-hydrogen) atoms. The summed E-state index contributed by atoms with van der Waals surface area (Å²) in [6, 6.07) is 9.72. The van der Waals surface area contributed by atoms with Crippen molar-refractivity contribution in [2.45, 2.75) is 17.4 Å². The summed E-state index contributed by atoms with van der Waals surface area (Å²) in [5, 5.41) is 17.3. The highest BCUT2D eigenvalue weighted by Gasteiger charge is 2.32. The van der Waals surface area contributed by atoms with Crippen LogP contribution in [0.5, 0.6) is 0 Å². The number of nitriles is 1. The SMILES string of the molecule is CC(Cl)(Cl)[C@@H](N=C(NC#N)Nc1cccnc1)NC(=O)c1ccc(Cl)cc1. The molecule has 1 atom stereocenters. The van der Waals surface area contributed by atoms with Gasteiger partial charge in [-0.1, -0.05) is 34.8 Å². The van der Waals surface area contributed by atoms with Crippen molar-refractivity contribution in [1.82, 2.24) is 15.6 Å². The highest BCUT2D eigenvalue weighted by molar-refractivity contribution is 6.48. The quantitative estimate of drug-likeness (QED) is 0.224. The Morgan fingerprint density at radius 2 is 2.00 bits per heavy atom. The van der Waals surface area contributed by atoms with Gasteiger partial charge < -0.3 is 10.6 Å². The van der Waals surface area contributed by atoms with Crippen LogP contribution in [0.15, 0.2) is 53.8 Å². The number of nitrogens with one attached hydrogen (secondary N) is 3. The molecule has 0 aliphatic heterocycles. The van der Waals surface area contributed by atoms with Gasteiger partial charge in [-0.15, -0.1) is 0 Å². The maximum Gasteiger partial charge on any atom is 0.253 e. The van der Waals surface area contributed by atoms with Crippen LogP contribution in [0.4, 0.5) is 5.69 Å². The number of aromatic nitrogens is 1. The van der Waals surface area contributed by atoms with E-state index in [4.69, 9.17) is 40.1 Å². The first kappa shape index (κ1) is 20.8. The highest BCUT2D eigenvalue weighted by atomic mass is 35.5. The molecule has 1 aromatic carbocycles. The van der Waals surface area contributed by atoms with Gasteiger partial charge in [-0.25, -0.2) is 4.99 Å². The molecule has 0 saturated carbocycles. The van der Waals surface area contributed by atoms with Crippen molar-refractivity contribution in [3.8, 4) is 6.19 Å². The molecule has 0 saturated heterocycles. The van der Waals surface area contributed by atoms with Crippen molar-refractivity contribution < 1.29 is 4.79 Å². The molecule has 7 nitrogen and oxygen atoms in total. The lowest BCUT2D eigenvalue weighted by Gasteiger charge is -2.25. The molecule has 2 aromatic rings. The minimum atomic E-state index is -1.46. The zero-order chi connectivity index (χ0) is 19.9. The van der Waals surface area contributed by atoms with Gasteiger partial charge in [0.1, 0.15) is 0 Å². The predicted molar refractivity (Wildman–Crippen MR) is 107 cm³/mol. The Kier molecular flexibility index (Phi) is 7.25. The van der Waals surface area contributed by atoms with Gasteiger partial charge in [-0.3, -0.25) is 15.1 Å². The van der Waals surface area contributed by atoms with Crippen molar-refractivity contribution in [3.05, 3.63) is 59.4 Å². The average Bonchev–Trinajstić information content (AvgIpc) is 2.62. The van der Waals surface area contributed by atoms with E-state index in [2.05, 4.69) is 25.9 Å². The first-order valence-corrected chi connectivity index (χ1v) is 8.77. The van der Waals surface area contributed by atoms with E-state index < -0.39 is 16.4 Å². The van der Waals surface area contributed by atoms with E-state index >= 15 is 0 Å². The molecule has 2 rings (SSSR count). The van der Waals surface area contributed by atoms with Gasteiger partial charge in [0.25, 0.3) is 5.91 Å². The molecule has 1 aromatic heterocycles. The third-order valence-corrected chi connectivity index (χ3v) is 3.88. The number of pyridine rings is 1. The third kappa shape index (κ3) is 6.61. The molecule has 0 fully saturated rings. The summed E-state index contributed by atoms with van der Waals surface area (Å²) >= 11 is 18.2. The summed E-state index contributed by atoms with van der Waals surface area (Å²) < 4.78 is -1.46. The molecule has 0 aliphatic carbocycles. The van der Waals surface area contributed by atoms with Crippen LogP contribution in [-0.4, -0.2) is 27.3 Å². The Bertz CT molecular complexity index is 844. The van der Waals surface area contributed by atoms with Crippen LogP contribution >= 0.6 is 34.8 Å². The molecule has 0 bridgehead atoms. The summed E-state index contributed by atoms with van der Waals surface area (Å²) in [5.41, 5.74) is 0.930. The van der Waals surface area contributed by atoms with Crippen molar-refractivity contribution >= 4 is 52.4 Å². The molecule has 1 amide bonds. The number of rotatable bonds is 5. The zero-order valence-electron chi connectivity index (χ0n) is 14.1. The fourth-order valence-electron chi connectivity index (χ4n) is 1.93. The Morgan fingerprint density at radius 3 is 2.56 bits per heavy atom. The average molecular weight is 426 g/mol. The zero-order valence-corrected chi connectivity index (χ0v) is 16.3. The van der Waals surface area contributed by atoms with E-state index in [0.717, 1.165) is 0 Å². The second-order valence-electron chi connectivity index (χ2n) is 5.42. The lowest BCUT2D eigenvalue weighted by Crippen LogP contribution is -2.45. The smallest absolute Gasteiger partial charge is 0.253 e. The Labute approximate surface area is 171 Å². The molecule has 10 heteroatoms. The van der Waals surface area contributed by atoms with Crippen LogP contribution < -0.4 is 16.0 Å². The number of anilines is 1. The minimum Gasteiger partial charge on any atom is -0.328 e. The largest absolute Gasteiger partial charge is 0.328 e. The number of hydrogen-bond donors (Lipinski definition) is 3. The monoisotopic (exact) mass is 424 g/mol. The van der Waals surface area contributed by atoms with Gasteiger partial charge in [-0.2, -0.15) is 5.26 Å². The lowest BCUT2D eigenvalue weighted by molar-refractivity contribution is 0.0935. The number of benzene rings is 1. The number of halogens is 3. The summed E-state index contributed by atoms with van der Waals surface area (Å²) in [6.07, 6.45) is 3.83. The first-order chi connectivity index (χ1) is 12.8. The van der Waals surface area contributed by atoms with E-state index in [0.29, 0.717) is 16.3 Å². The fraction of sp³-hybridized carbons (Fsp3) is 0.176. The number of aliphatic imine (C=N–C) groups is 1. The van der Waals surface area contributed by atoms with E-state index in [1.807, 2.05) is 0 Å². The van der Waals surface area contributed by atoms with Crippen LogP contribution in [0.1, 0.15) is 17.3 Å². The number of carbonyl (C=O) groups excluding carboxylic acids is 1. The summed E-state index contributed by atoms with van der Waals surface area (Å²) in [5.74, 6) is -0.412. The van der Waals surface area contributed by atoms with E-state index in [9.17, 15) is 4.79 Å². The molecule has 1 heterocycles. The Morgan fingerprint density at radius 1 is 1.30 bits per heavy atom. The van der Waals surface area contributed by atoms with Gasteiger partial charge in [0, 0.05) is 16.8 Å². The topological polar surface area (TPSA) is 102 Å². The van der Waals surface area contributed by atoms with Crippen LogP contribution in [0.2, 0.25) is 5.02 Å². The maximum absolute atomic E-state index is 12.5. The number of guanidine groups is 1. The molecule has 0 aliphatic rings. The van der Waals surface area contributed by atoms with E-state index in [1.54, 1.807) is 48.8 Å². The van der Waals surface area contributed by atoms with Gasteiger partial charge in [-0.05, 0) is 43.3 Å². The van der Waals surface area contributed by atoms with Crippen LogP contribution in [0.3, 0.4) is 0 Å². The Hall–Kier alpha value is -2.53. The highest BCUT2D eigenvalue weighted by Crippen LogP contribution is 2.26. The van der Waals surface area contributed by atoms with Crippen LogP contribution in [0.25, 0.3) is 0 Å². The standard InChI is InChI=1S/C17H15Cl3N6O/c1-17(19,20)15(25-14(27)11-4-6-12(18)7-5-11)26-16(23-10-21)24-13-3-2-8-22-9-13/h2-9,15H,1H3,(H,25,27)(H2,23,24,26)/t15-/m1/s1. The van der Waals surface area contributed by atoms with Gasteiger partial charge >= 0.3 is 0 Å². The normalized spacial score (nSPS) is 12.6. The number of alkyl halides is 2. The van der Waals surface area contributed by atoms with Crippen LogP contribution in [0, 0.1) is 11.5 Å².